The van der Waals surface area contributed by atoms with Gasteiger partial charge in [0.15, 0.2) is 28.6 Å². The van der Waals surface area contributed by atoms with Crippen molar-refractivity contribution in [2.75, 3.05) is 61.1 Å². The number of pyridine rings is 6. The first-order valence-corrected chi connectivity index (χ1v) is 28.8. The molecule has 0 aromatic carbocycles. The SMILES string of the molecule is CC(C)(C(N)C1CCCN(c2ccc(F)c(-c3[nH]nc4ncccc34)n2)C1)C(F)(F)F.CC(C)CC1(C)CN(c2ccc(C(F)(F)F)c(-c3[nH]nc4ncccc34)n2)CCC1N.CO[C@H]1CN(c2ccc(F)c(-c3[nH]nc4ncccc34)n2)CC[C@H]1N.[HH].[HH].[HH].[HH].[HH].[HH].[HH].[HH].[HH]. The average molecular weight is 1230 g/mol. The highest BCUT2D eigenvalue weighted by Gasteiger charge is 2.53. The molecule has 0 saturated carbocycles. The third-order valence-electron chi connectivity index (χ3n) is 17.0. The van der Waals surface area contributed by atoms with Crippen LogP contribution >= 0.6 is 0 Å². The van der Waals surface area contributed by atoms with Gasteiger partial charge in [-0.1, -0.05) is 20.8 Å². The summed E-state index contributed by atoms with van der Waals surface area (Å²) in [6.07, 6.45) is -0.448. The van der Waals surface area contributed by atoms with Crippen LogP contribution in [0.4, 0.5) is 52.6 Å². The Labute approximate surface area is 509 Å². The van der Waals surface area contributed by atoms with E-state index in [1.165, 1.54) is 18.2 Å². The number of aromatic amines is 3. The average Bonchev–Trinajstić information content (AvgIpc) is 1.49. The van der Waals surface area contributed by atoms with Gasteiger partial charge < -0.3 is 36.6 Å². The predicted molar refractivity (Wildman–Crippen MR) is 336 cm³/mol. The predicted octanol–water partition coefficient (Wildman–Crippen LogP) is 12.8. The van der Waals surface area contributed by atoms with Gasteiger partial charge in [-0.25, -0.2) is 38.7 Å². The molecule has 12 rings (SSSR count). The quantitative estimate of drug-likeness (QED) is 0.0658. The highest BCUT2D eigenvalue weighted by atomic mass is 19.4. The molecule has 0 radical (unpaired) electrons. The fraction of sp³-hybridized carbons (Fsp3) is 0.450. The number of rotatable bonds is 11. The molecule has 3 saturated heterocycles. The first-order chi connectivity index (χ1) is 41.3. The molecular weight excluding hydrogens is 1140 g/mol. The molecule has 3 fully saturated rings. The number of nitrogens with zero attached hydrogens (tertiary/aromatic N) is 12. The maximum Gasteiger partial charge on any atom is 0.418 e. The lowest BCUT2D eigenvalue weighted by Crippen LogP contribution is -2.55. The molecule has 12 heterocycles. The van der Waals surface area contributed by atoms with Crippen molar-refractivity contribution in [1.29, 1.82) is 0 Å². The molecule has 27 heteroatoms. The molecule has 0 spiro atoms. The molecule has 87 heavy (non-hydrogen) atoms. The Morgan fingerprint density at radius 1 is 0.644 bits per heavy atom. The van der Waals surface area contributed by atoms with Gasteiger partial charge in [-0.2, -0.15) is 41.6 Å². The Morgan fingerprint density at radius 2 is 1.11 bits per heavy atom. The zero-order valence-electron chi connectivity index (χ0n) is 48.9. The van der Waals surface area contributed by atoms with E-state index in [9.17, 15) is 35.1 Å². The van der Waals surface area contributed by atoms with Gasteiger partial charge in [0.2, 0.25) is 0 Å². The topological polar surface area (TPSA) is 260 Å². The van der Waals surface area contributed by atoms with Crippen molar-refractivity contribution in [3.8, 4) is 34.2 Å². The molecule has 0 bridgehead atoms. The van der Waals surface area contributed by atoms with Crippen LogP contribution in [-0.4, -0.2) is 137 Å². The molecule has 0 aliphatic carbocycles. The van der Waals surface area contributed by atoms with Crippen LogP contribution in [0.25, 0.3) is 67.3 Å². The number of ether oxygens (including phenoxy) is 1. The second-order valence-corrected chi connectivity index (χ2v) is 23.8. The number of fused-ring (bicyclic) bond motifs is 3. The summed E-state index contributed by atoms with van der Waals surface area (Å²) in [6.45, 7) is 12.4. The number of nitrogens with two attached hydrogens (primary N) is 3. The minimum atomic E-state index is -4.54. The van der Waals surface area contributed by atoms with Crippen molar-refractivity contribution in [2.45, 2.75) is 103 Å². The maximum absolute atomic E-state index is 14.6. The molecule has 3 aliphatic rings. The van der Waals surface area contributed by atoms with Crippen LogP contribution < -0.4 is 31.9 Å². The van der Waals surface area contributed by atoms with Crippen molar-refractivity contribution in [3.63, 3.8) is 0 Å². The highest BCUT2D eigenvalue weighted by Crippen LogP contribution is 2.45. The zero-order valence-corrected chi connectivity index (χ0v) is 48.9. The van der Waals surface area contributed by atoms with Crippen LogP contribution in [0.1, 0.15) is 85.1 Å². The smallest absolute Gasteiger partial charge is 0.378 e. The summed E-state index contributed by atoms with van der Waals surface area (Å²) in [7, 11) is 1.65. The van der Waals surface area contributed by atoms with E-state index in [4.69, 9.17) is 21.9 Å². The van der Waals surface area contributed by atoms with Crippen LogP contribution in [0, 0.1) is 34.3 Å². The maximum atomic E-state index is 14.6. The molecular formula is C60H88F8N18O. The fourth-order valence-corrected chi connectivity index (χ4v) is 12.0. The number of hydrogen-bond donors (Lipinski definition) is 6. The molecule has 19 nitrogen and oxygen atoms in total. The third kappa shape index (κ3) is 13.0. The van der Waals surface area contributed by atoms with Gasteiger partial charge in [0, 0.05) is 118 Å². The number of methoxy groups -OCH3 is 1. The van der Waals surface area contributed by atoms with E-state index >= 15 is 0 Å². The summed E-state index contributed by atoms with van der Waals surface area (Å²) in [5.74, 6) is 0.865. The molecule has 480 valence electrons. The number of hydrogen-bond acceptors (Lipinski definition) is 16. The Hall–Kier alpha value is -8.01. The van der Waals surface area contributed by atoms with Crippen molar-refractivity contribution >= 4 is 50.6 Å². The summed E-state index contributed by atoms with van der Waals surface area (Å²) >= 11 is 0. The Morgan fingerprint density at radius 3 is 1.61 bits per heavy atom. The van der Waals surface area contributed by atoms with Crippen LogP contribution in [0.2, 0.25) is 0 Å². The van der Waals surface area contributed by atoms with E-state index in [-0.39, 0.29) is 65.1 Å². The zero-order chi connectivity index (χ0) is 62.2. The number of alkyl halides is 6. The number of piperidine rings is 3. The second-order valence-electron chi connectivity index (χ2n) is 23.8. The van der Waals surface area contributed by atoms with Crippen LogP contribution in [-0.2, 0) is 10.9 Å². The molecule has 9 aromatic rings. The lowest BCUT2D eigenvalue weighted by molar-refractivity contribution is -0.222. The number of halogens is 8. The minimum Gasteiger partial charge on any atom is -0.378 e. The van der Waals surface area contributed by atoms with Gasteiger partial charge in [-0.3, -0.25) is 15.3 Å². The Balaban J connectivity index is 0.000000691. The minimum absolute atomic E-state index is 0. The monoisotopic (exact) mass is 1230 g/mol. The lowest BCUT2D eigenvalue weighted by atomic mass is 9.72. The van der Waals surface area contributed by atoms with E-state index < -0.39 is 41.0 Å². The summed E-state index contributed by atoms with van der Waals surface area (Å²) < 4.78 is 116. The molecule has 9 N–H and O–H groups in total. The van der Waals surface area contributed by atoms with Crippen molar-refractivity contribution < 1.29 is 52.7 Å². The summed E-state index contributed by atoms with van der Waals surface area (Å²) in [4.78, 5) is 31.9. The number of nitrogens with one attached hydrogen (secondary N) is 3. The van der Waals surface area contributed by atoms with E-state index in [1.54, 1.807) is 68.2 Å². The van der Waals surface area contributed by atoms with Gasteiger partial charge in [-0.15, -0.1) is 0 Å². The summed E-state index contributed by atoms with van der Waals surface area (Å²) in [5, 5.41) is 22.5. The third-order valence-corrected chi connectivity index (χ3v) is 17.0. The van der Waals surface area contributed by atoms with Gasteiger partial charge in [0.1, 0.15) is 34.5 Å². The largest absolute Gasteiger partial charge is 0.418 e. The lowest BCUT2D eigenvalue weighted by Gasteiger charge is -2.46. The standard InChI is InChI=1S/C22H27F3N6.C21H24F4N6.C17H19FN6O.9H2/c1-13(2)11-21(3)12-31(10-8-16(21)26)17-7-6-15(22(23,24)25)19(28-17)18-14-5-4-9-27-20(14)30-29-18;1-20(2,21(23,24)25)18(26)12-5-4-10-31(11-12)15-8-7-14(22)17(28-15)16-13-6-3-9-27-19(13)30-29-16;1-25-13-9-24(8-6-12(13)19)14-5-4-11(18)16(21-14)15-10-3-2-7-20-17(10)23-22-15;;;;;;;;;/h4-7,9,13,16H,8,10-12,26H2,1-3H3,(H,27,29,30);3,6-9,12,18H,4-5,10-11,26H2,1-2H3,(H,27,29,30);2-5,7,12-13H,6,8-9,19H2,1H3,(H,20,22,23);9*1H/t;;12-,13+;;;;;;;;;/m..1........./s1. The first-order valence-electron chi connectivity index (χ1n) is 28.8. The van der Waals surface area contributed by atoms with Crippen molar-refractivity contribution in [1.82, 2.24) is 60.5 Å². The Kier molecular flexibility index (Phi) is 17.8. The molecule has 0 amide bonds. The van der Waals surface area contributed by atoms with E-state index in [2.05, 4.69) is 86.2 Å². The van der Waals surface area contributed by atoms with Crippen LogP contribution in [0.15, 0.2) is 91.4 Å². The Bertz CT molecular complexity index is 3870. The second kappa shape index (κ2) is 25.0. The number of anilines is 3. The van der Waals surface area contributed by atoms with Gasteiger partial charge in [0.25, 0.3) is 0 Å². The van der Waals surface area contributed by atoms with E-state index in [0.29, 0.717) is 108 Å². The highest BCUT2D eigenvalue weighted by molar-refractivity contribution is 5.92. The number of H-pyrrole nitrogens is 3. The summed E-state index contributed by atoms with van der Waals surface area (Å²) in [6, 6.07) is 18.0. The summed E-state index contributed by atoms with van der Waals surface area (Å²) in [5.41, 5.74) is 18.3. The number of aromatic nitrogens is 12. The van der Waals surface area contributed by atoms with Crippen molar-refractivity contribution in [3.05, 3.63) is 109 Å². The van der Waals surface area contributed by atoms with E-state index in [1.807, 2.05) is 15.9 Å². The van der Waals surface area contributed by atoms with E-state index in [0.717, 1.165) is 51.1 Å². The van der Waals surface area contributed by atoms with Crippen LogP contribution in [0.5, 0.6) is 0 Å². The normalized spacial score (nSPS) is 20.8. The fourth-order valence-electron chi connectivity index (χ4n) is 12.0. The van der Waals surface area contributed by atoms with Crippen LogP contribution in [0.3, 0.4) is 0 Å². The van der Waals surface area contributed by atoms with Gasteiger partial charge in [-0.05, 0) is 131 Å². The van der Waals surface area contributed by atoms with Gasteiger partial charge in [0.05, 0.1) is 34.2 Å². The molecule has 3 aliphatic heterocycles. The van der Waals surface area contributed by atoms with Crippen molar-refractivity contribution in [2.24, 2.45) is 39.9 Å². The first kappa shape index (κ1) is 62.1. The van der Waals surface area contributed by atoms with Gasteiger partial charge >= 0.3 is 12.4 Å². The molecule has 6 atom stereocenters. The molecule has 4 unspecified atom stereocenters. The molecule has 9 aromatic heterocycles.